The standard InChI is InChI=1S/C23H25N7O2/c1-13-9-15-12-29(3)21-17(5-4-6-19(21)30(15)28-13)26-18-10-20(27-22(31)14-7-8-14)25-11-16(18)23(32)24-2/h4-6,9-11,14H,7-8,12H2,1-3H3,(H,24,32)(H2,25,26,27,31). The number of anilines is 4. The summed E-state index contributed by atoms with van der Waals surface area (Å²) in [6.07, 6.45) is 3.30. The quantitative estimate of drug-likeness (QED) is 0.574. The summed E-state index contributed by atoms with van der Waals surface area (Å²) in [6, 6.07) is 9.74. The fourth-order valence-corrected chi connectivity index (χ4v) is 4.06. The number of carbonyl (C=O) groups is 2. The Hall–Kier alpha value is -3.88. The van der Waals surface area contributed by atoms with Gasteiger partial charge in [0.2, 0.25) is 5.91 Å². The average molecular weight is 432 g/mol. The lowest BCUT2D eigenvalue weighted by molar-refractivity contribution is -0.117. The van der Waals surface area contributed by atoms with Gasteiger partial charge in [0.1, 0.15) is 5.82 Å². The van der Waals surface area contributed by atoms with Crippen LogP contribution < -0.4 is 20.9 Å². The number of pyridine rings is 1. The minimum absolute atomic E-state index is 0.0328. The Kier molecular flexibility index (Phi) is 4.80. The molecule has 0 saturated heterocycles. The number of aryl methyl sites for hydroxylation is 1. The summed E-state index contributed by atoms with van der Waals surface area (Å²) in [4.78, 5) is 31.1. The second kappa shape index (κ2) is 7.67. The number of benzene rings is 1. The molecule has 3 N–H and O–H groups in total. The summed E-state index contributed by atoms with van der Waals surface area (Å²) in [7, 11) is 3.61. The van der Waals surface area contributed by atoms with Crippen LogP contribution in [0.25, 0.3) is 5.69 Å². The fraction of sp³-hybridized carbons (Fsp3) is 0.304. The molecule has 3 heterocycles. The summed E-state index contributed by atoms with van der Waals surface area (Å²) in [6.45, 7) is 2.70. The highest BCUT2D eigenvalue weighted by atomic mass is 16.2. The Morgan fingerprint density at radius 3 is 2.72 bits per heavy atom. The molecule has 0 radical (unpaired) electrons. The normalized spacial score (nSPS) is 14.4. The molecule has 9 heteroatoms. The van der Waals surface area contributed by atoms with Crippen molar-refractivity contribution in [2.24, 2.45) is 5.92 Å². The van der Waals surface area contributed by atoms with Gasteiger partial charge in [-0.05, 0) is 38.0 Å². The van der Waals surface area contributed by atoms with Crippen molar-refractivity contribution >= 4 is 34.7 Å². The van der Waals surface area contributed by atoms with E-state index in [1.54, 1.807) is 13.1 Å². The van der Waals surface area contributed by atoms with Gasteiger partial charge >= 0.3 is 0 Å². The van der Waals surface area contributed by atoms with E-state index in [1.165, 1.54) is 6.20 Å². The molecule has 1 aliphatic carbocycles. The Morgan fingerprint density at radius 1 is 1.16 bits per heavy atom. The first kappa shape index (κ1) is 20.0. The molecule has 1 aromatic carbocycles. The number of para-hydroxylation sites is 1. The molecule has 0 unspecified atom stereocenters. The van der Waals surface area contributed by atoms with Gasteiger partial charge in [0.25, 0.3) is 5.91 Å². The summed E-state index contributed by atoms with van der Waals surface area (Å²) in [5.41, 5.74) is 5.82. The monoisotopic (exact) mass is 431 g/mol. The largest absolute Gasteiger partial charge is 0.365 e. The van der Waals surface area contributed by atoms with Gasteiger partial charge in [-0.15, -0.1) is 0 Å². The van der Waals surface area contributed by atoms with Gasteiger partial charge < -0.3 is 20.9 Å². The van der Waals surface area contributed by atoms with Crippen LogP contribution in [0, 0.1) is 12.8 Å². The average Bonchev–Trinajstić information content (AvgIpc) is 3.56. The van der Waals surface area contributed by atoms with Crippen molar-refractivity contribution in [1.29, 1.82) is 0 Å². The van der Waals surface area contributed by atoms with Crippen LogP contribution in [0.2, 0.25) is 0 Å². The van der Waals surface area contributed by atoms with Gasteiger partial charge in [-0.3, -0.25) is 9.59 Å². The smallest absolute Gasteiger partial charge is 0.254 e. The van der Waals surface area contributed by atoms with Crippen LogP contribution in [0.15, 0.2) is 36.5 Å². The Bertz CT molecular complexity index is 1230. The molecule has 164 valence electrons. The van der Waals surface area contributed by atoms with Gasteiger partial charge in [0.05, 0.1) is 46.2 Å². The van der Waals surface area contributed by atoms with E-state index in [4.69, 9.17) is 0 Å². The van der Waals surface area contributed by atoms with E-state index in [0.29, 0.717) is 23.6 Å². The van der Waals surface area contributed by atoms with Crippen LogP contribution in [0.4, 0.5) is 22.9 Å². The predicted molar refractivity (Wildman–Crippen MR) is 123 cm³/mol. The van der Waals surface area contributed by atoms with E-state index in [9.17, 15) is 9.59 Å². The molecular weight excluding hydrogens is 406 g/mol. The SMILES string of the molecule is CNC(=O)c1cnc(NC(=O)C2CC2)cc1Nc1cccc2c1N(C)Cc1cc(C)nn1-2. The lowest BCUT2D eigenvalue weighted by atomic mass is 10.1. The lowest BCUT2D eigenvalue weighted by Gasteiger charge is -2.30. The van der Waals surface area contributed by atoms with Crippen molar-refractivity contribution in [2.75, 3.05) is 29.6 Å². The first-order chi connectivity index (χ1) is 15.4. The van der Waals surface area contributed by atoms with Gasteiger partial charge in [-0.25, -0.2) is 9.67 Å². The predicted octanol–water partition coefficient (Wildman–Crippen LogP) is 2.98. The van der Waals surface area contributed by atoms with E-state index in [2.05, 4.69) is 37.0 Å². The van der Waals surface area contributed by atoms with Crippen LogP contribution >= 0.6 is 0 Å². The van der Waals surface area contributed by atoms with E-state index in [0.717, 1.165) is 41.3 Å². The topological polar surface area (TPSA) is 104 Å². The first-order valence-electron chi connectivity index (χ1n) is 10.6. The van der Waals surface area contributed by atoms with Gasteiger partial charge in [0, 0.05) is 32.3 Å². The van der Waals surface area contributed by atoms with Crippen molar-refractivity contribution in [3.63, 3.8) is 0 Å². The molecule has 0 spiro atoms. The third-order valence-corrected chi connectivity index (χ3v) is 5.77. The summed E-state index contributed by atoms with van der Waals surface area (Å²) in [5.74, 6) is 0.186. The number of nitrogens with one attached hydrogen (secondary N) is 3. The first-order valence-corrected chi connectivity index (χ1v) is 10.6. The Labute approximate surface area is 185 Å². The van der Waals surface area contributed by atoms with Gasteiger partial charge in [-0.2, -0.15) is 5.10 Å². The van der Waals surface area contributed by atoms with Crippen LogP contribution in [0.3, 0.4) is 0 Å². The van der Waals surface area contributed by atoms with Gasteiger partial charge in [-0.1, -0.05) is 6.07 Å². The molecule has 1 saturated carbocycles. The molecule has 0 bridgehead atoms. The van der Waals surface area contributed by atoms with E-state index >= 15 is 0 Å². The Morgan fingerprint density at radius 2 is 1.97 bits per heavy atom. The third kappa shape index (κ3) is 3.55. The van der Waals surface area contributed by atoms with Crippen molar-refractivity contribution in [3.8, 4) is 5.69 Å². The van der Waals surface area contributed by atoms with Crippen molar-refractivity contribution in [2.45, 2.75) is 26.3 Å². The number of hydrogen-bond acceptors (Lipinski definition) is 6. The highest BCUT2D eigenvalue weighted by Gasteiger charge is 2.30. The minimum Gasteiger partial charge on any atom is -0.365 e. The van der Waals surface area contributed by atoms with Crippen LogP contribution in [0.5, 0.6) is 0 Å². The molecule has 9 nitrogen and oxygen atoms in total. The summed E-state index contributed by atoms with van der Waals surface area (Å²) >= 11 is 0. The molecular formula is C23H25N7O2. The number of amides is 2. The zero-order valence-corrected chi connectivity index (χ0v) is 18.3. The molecule has 1 aliphatic heterocycles. The van der Waals surface area contributed by atoms with Crippen molar-refractivity contribution in [1.82, 2.24) is 20.1 Å². The number of hydrogen-bond donors (Lipinski definition) is 3. The van der Waals surface area contributed by atoms with Crippen LogP contribution in [-0.2, 0) is 11.3 Å². The summed E-state index contributed by atoms with van der Waals surface area (Å²) < 4.78 is 1.96. The fourth-order valence-electron chi connectivity index (χ4n) is 4.06. The maximum absolute atomic E-state index is 12.5. The van der Waals surface area contributed by atoms with Gasteiger partial charge in [0.15, 0.2) is 0 Å². The maximum Gasteiger partial charge on any atom is 0.254 e. The molecule has 32 heavy (non-hydrogen) atoms. The number of carbonyl (C=O) groups excluding carboxylic acids is 2. The number of fused-ring (bicyclic) bond motifs is 3. The molecule has 0 atom stereocenters. The highest BCUT2D eigenvalue weighted by Crippen LogP contribution is 2.39. The number of aromatic nitrogens is 3. The zero-order chi connectivity index (χ0) is 22.4. The lowest BCUT2D eigenvalue weighted by Crippen LogP contribution is -2.26. The van der Waals surface area contributed by atoms with E-state index in [-0.39, 0.29) is 17.7 Å². The zero-order valence-electron chi connectivity index (χ0n) is 18.3. The molecule has 2 aromatic heterocycles. The summed E-state index contributed by atoms with van der Waals surface area (Å²) in [5, 5.41) is 13.6. The number of nitrogens with zero attached hydrogens (tertiary/aromatic N) is 4. The molecule has 5 rings (SSSR count). The molecule has 1 fully saturated rings. The second-order valence-corrected chi connectivity index (χ2v) is 8.30. The molecule has 3 aromatic rings. The molecule has 2 amide bonds. The second-order valence-electron chi connectivity index (χ2n) is 8.30. The maximum atomic E-state index is 12.5. The van der Waals surface area contributed by atoms with E-state index in [1.807, 2.05) is 36.9 Å². The van der Waals surface area contributed by atoms with Crippen molar-refractivity contribution in [3.05, 3.63) is 53.5 Å². The van der Waals surface area contributed by atoms with Crippen LogP contribution in [0.1, 0.15) is 34.6 Å². The Balaban J connectivity index is 1.55. The van der Waals surface area contributed by atoms with Crippen molar-refractivity contribution < 1.29 is 9.59 Å². The minimum atomic E-state index is -0.261. The number of rotatable bonds is 5. The van der Waals surface area contributed by atoms with E-state index < -0.39 is 0 Å². The third-order valence-electron chi connectivity index (χ3n) is 5.77. The van der Waals surface area contributed by atoms with Crippen LogP contribution in [-0.4, -0.2) is 40.7 Å². The molecule has 2 aliphatic rings. The highest BCUT2D eigenvalue weighted by molar-refractivity contribution is 6.02.